The predicted molar refractivity (Wildman–Crippen MR) is 73.5 cm³/mol. The lowest BCUT2D eigenvalue weighted by molar-refractivity contribution is -0.149. The summed E-state index contributed by atoms with van der Waals surface area (Å²) < 4.78 is 5.37. The fraction of sp³-hybridized carbons (Fsp3) is 0.643. The number of hydrogen-bond donors (Lipinski definition) is 1. The Hall–Kier alpha value is -0.870. The summed E-state index contributed by atoms with van der Waals surface area (Å²) in [5, 5.41) is 2.04. The Kier molecular flexibility index (Phi) is 5.20. The summed E-state index contributed by atoms with van der Waals surface area (Å²) in [5.41, 5.74) is 6.05. The Morgan fingerprint density at radius 3 is 3.00 bits per heavy atom. The van der Waals surface area contributed by atoms with E-state index in [1.165, 1.54) is 11.3 Å². The molecule has 2 rings (SSSR count). The first-order valence-electron chi connectivity index (χ1n) is 6.72. The SMILES string of the molecule is NC1CCCCCC1C(=O)OCCc1cccs1. The number of carbonyl (C=O) groups is 1. The van der Waals surface area contributed by atoms with Crippen molar-refractivity contribution in [2.24, 2.45) is 11.7 Å². The molecule has 0 aromatic carbocycles. The average molecular weight is 267 g/mol. The Balaban J connectivity index is 1.76. The molecule has 1 fully saturated rings. The lowest BCUT2D eigenvalue weighted by Gasteiger charge is -2.19. The molecule has 1 aliphatic carbocycles. The van der Waals surface area contributed by atoms with Gasteiger partial charge in [-0.05, 0) is 24.3 Å². The van der Waals surface area contributed by atoms with E-state index < -0.39 is 0 Å². The molecule has 2 unspecified atom stereocenters. The molecule has 0 amide bonds. The van der Waals surface area contributed by atoms with E-state index in [0.717, 1.165) is 32.1 Å². The molecule has 1 aromatic heterocycles. The number of ether oxygens (including phenoxy) is 1. The van der Waals surface area contributed by atoms with Crippen LogP contribution in [0.4, 0.5) is 0 Å². The highest BCUT2D eigenvalue weighted by Crippen LogP contribution is 2.23. The Morgan fingerprint density at radius 2 is 2.22 bits per heavy atom. The molecule has 0 radical (unpaired) electrons. The largest absolute Gasteiger partial charge is 0.465 e. The minimum atomic E-state index is -0.0963. The molecule has 2 atom stereocenters. The van der Waals surface area contributed by atoms with Gasteiger partial charge < -0.3 is 10.5 Å². The van der Waals surface area contributed by atoms with Crippen LogP contribution in [0.3, 0.4) is 0 Å². The number of hydrogen-bond acceptors (Lipinski definition) is 4. The number of carbonyl (C=O) groups excluding carboxylic acids is 1. The lowest BCUT2D eigenvalue weighted by Crippen LogP contribution is -2.35. The zero-order chi connectivity index (χ0) is 12.8. The van der Waals surface area contributed by atoms with E-state index in [1.807, 2.05) is 11.4 Å². The van der Waals surface area contributed by atoms with Crippen LogP contribution >= 0.6 is 11.3 Å². The first-order chi connectivity index (χ1) is 8.77. The topological polar surface area (TPSA) is 52.3 Å². The molecule has 0 spiro atoms. The van der Waals surface area contributed by atoms with Crippen molar-refractivity contribution in [1.29, 1.82) is 0 Å². The molecule has 4 heteroatoms. The Morgan fingerprint density at radius 1 is 1.39 bits per heavy atom. The van der Waals surface area contributed by atoms with E-state index in [-0.39, 0.29) is 17.9 Å². The molecular formula is C14H21NO2S. The maximum atomic E-state index is 12.0. The number of esters is 1. The van der Waals surface area contributed by atoms with Gasteiger partial charge in [0.25, 0.3) is 0 Å². The molecule has 1 saturated carbocycles. The van der Waals surface area contributed by atoms with Crippen LogP contribution in [0.2, 0.25) is 0 Å². The summed E-state index contributed by atoms with van der Waals surface area (Å²) in [4.78, 5) is 13.2. The van der Waals surface area contributed by atoms with Crippen molar-refractivity contribution in [2.45, 2.75) is 44.6 Å². The van der Waals surface area contributed by atoms with Crippen molar-refractivity contribution < 1.29 is 9.53 Å². The van der Waals surface area contributed by atoms with E-state index in [4.69, 9.17) is 10.5 Å². The first-order valence-corrected chi connectivity index (χ1v) is 7.60. The Labute approximate surface area is 112 Å². The van der Waals surface area contributed by atoms with Gasteiger partial charge in [0.05, 0.1) is 12.5 Å². The quantitative estimate of drug-likeness (QED) is 0.674. The summed E-state index contributed by atoms with van der Waals surface area (Å²) >= 11 is 1.70. The van der Waals surface area contributed by atoms with E-state index in [2.05, 4.69) is 6.07 Å². The highest BCUT2D eigenvalue weighted by Gasteiger charge is 2.28. The van der Waals surface area contributed by atoms with Crippen LogP contribution in [-0.4, -0.2) is 18.6 Å². The van der Waals surface area contributed by atoms with Crippen molar-refractivity contribution in [2.75, 3.05) is 6.61 Å². The molecule has 2 N–H and O–H groups in total. The molecule has 18 heavy (non-hydrogen) atoms. The van der Waals surface area contributed by atoms with E-state index in [1.54, 1.807) is 11.3 Å². The van der Waals surface area contributed by atoms with Crippen molar-refractivity contribution >= 4 is 17.3 Å². The normalized spacial score (nSPS) is 24.5. The van der Waals surface area contributed by atoms with Gasteiger partial charge in [-0.15, -0.1) is 11.3 Å². The molecule has 100 valence electrons. The molecule has 0 bridgehead atoms. The van der Waals surface area contributed by atoms with Gasteiger partial charge in [-0.25, -0.2) is 0 Å². The number of nitrogens with two attached hydrogens (primary N) is 1. The average Bonchev–Trinajstić information content (AvgIpc) is 2.77. The van der Waals surface area contributed by atoms with Gasteiger partial charge in [0.1, 0.15) is 0 Å². The maximum Gasteiger partial charge on any atom is 0.310 e. The van der Waals surface area contributed by atoms with Crippen molar-refractivity contribution in [1.82, 2.24) is 0 Å². The number of thiophene rings is 1. The van der Waals surface area contributed by atoms with Crippen LogP contribution < -0.4 is 5.73 Å². The van der Waals surface area contributed by atoms with Crippen LogP contribution in [0, 0.1) is 5.92 Å². The van der Waals surface area contributed by atoms with Crippen LogP contribution in [0.25, 0.3) is 0 Å². The van der Waals surface area contributed by atoms with Gasteiger partial charge in [-0.2, -0.15) is 0 Å². The second-order valence-electron chi connectivity index (χ2n) is 4.91. The van der Waals surface area contributed by atoms with Crippen molar-refractivity contribution in [3.8, 4) is 0 Å². The minimum absolute atomic E-state index is 0.0123. The monoisotopic (exact) mass is 267 g/mol. The minimum Gasteiger partial charge on any atom is -0.465 e. The summed E-state index contributed by atoms with van der Waals surface area (Å²) in [6.45, 7) is 0.475. The van der Waals surface area contributed by atoms with Crippen LogP contribution in [0.5, 0.6) is 0 Å². The van der Waals surface area contributed by atoms with E-state index in [0.29, 0.717) is 6.61 Å². The van der Waals surface area contributed by atoms with Crippen molar-refractivity contribution in [3.05, 3.63) is 22.4 Å². The van der Waals surface area contributed by atoms with Gasteiger partial charge in [0.15, 0.2) is 0 Å². The van der Waals surface area contributed by atoms with Crippen LogP contribution in [-0.2, 0) is 16.0 Å². The maximum absolute atomic E-state index is 12.0. The summed E-state index contributed by atoms with van der Waals surface area (Å²) in [6, 6.07) is 4.07. The fourth-order valence-electron chi connectivity index (χ4n) is 2.44. The second kappa shape index (κ2) is 6.90. The van der Waals surface area contributed by atoms with Crippen LogP contribution in [0.1, 0.15) is 37.0 Å². The third-order valence-electron chi connectivity index (χ3n) is 3.55. The van der Waals surface area contributed by atoms with Crippen molar-refractivity contribution in [3.63, 3.8) is 0 Å². The molecule has 1 heterocycles. The van der Waals surface area contributed by atoms with Gasteiger partial charge in [0, 0.05) is 17.3 Å². The smallest absolute Gasteiger partial charge is 0.310 e. The van der Waals surface area contributed by atoms with Gasteiger partial charge in [-0.1, -0.05) is 25.3 Å². The van der Waals surface area contributed by atoms with Crippen LogP contribution in [0.15, 0.2) is 17.5 Å². The van der Waals surface area contributed by atoms with E-state index in [9.17, 15) is 4.79 Å². The zero-order valence-electron chi connectivity index (χ0n) is 10.6. The van der Waals surface area contributed by atoms with E-state index >= 15 is 0 Å². The standard InChI is InChI=1S/C14H21NO2S/c15-13-7-3-1-2-6-12(13)14(16)17-9-8-11-5-4-10-18-11/h4-5,10,12-13H,1-3,6-9,15H2. The number of rotatable bonds is 4. The van der Waals surface area contributed by atoms with Gasteiger partial charge in [-0.3, -0.25) is 4.79 Å². The molecule has 1 aliphatic rings. The highest BCUT2D eigenvalue weighted by molar-refractivity contribution is 7.09. The zero-order valence-corrected chi connectivity index (χ0v) is 11.5. The fourth-order valence-corrected chi connectivity index (χ4v) is 3.13. The Bertz CT molecular complexity index is 364. The summed E-state index contributed by atoms with van der Waals surface area (Å²) in [6.07, 6.45) is 6.07. The molecule has 3 nitrogen and oxygen atoms in total. The third-order valence-corrected chi connectivity index (χ3v) is 4.48. The summed E-state index contributed by atoms with van der Waals surface area (Å²) in [7, 11) is 0. The third kappa shape index (κ3) is 3.82. The molecular weight excluding hydrogens is 246 g/mol. The lowest BCUT2D eigenvalue weighted by atomic mass is 9.96. The highest BCUT2D eigenvalue weighted by atomic mass is 32.1. The first kappa shape index (κ1) is 13.6. The molecule has 0 aliphatic heterocycles. The molecule has 0 saturated heterocycles. The second-order valence-corrected chi connectivity index (χ2v) is 5.94. The summed E-state index contributed by atoms with van der Waals surface area (Å²) in [5.74, 6) is -0.184. The van der Waals surface area contributed by atoms with Gasteiger partial charge in [0.2, 0.25) is 0 Å². The predicted octanol–water partition coefficient (Wildman–Crippen LogP) is 2.74. The van der Waals surface area contributed by atoms with Gasteiger partial charge >= 0.3 is 5.97 Å². The molecule has 1 aromatic rings.